The van der Waals surface area contributed by atoms with E-state index in [1.165, 1.54) is 6.07 Å². The van der Waals surface area contributed by atoms with Crippen molar-refractivity contribution in [3.8, 4) is 0 Å². The van der Waals surface area contributed by atoms with Gasteiger partial charge in [0.25, 0.3) is 0 Å². The van der Waals surface area contributed by atoms with Gasteiger partial charge in [-0.25, -0.2) is 9.37 Å². The van der Waals surface area contributed by atoms with Gasteiger partial charge in [-0.15, -0.1) is 0 Å². The third-order valence-electron chi connectivity index (χ3n) is 2.36. The number of nitrogens with zero attached hydrogens (tertiary/aromatic N) is 1. The maximum absolute atomic E-state index is 13.5. The maximum Gasteiger partial charge on any atom is 0.127 e. The summed E-state index contributed by atoms with van der Waals surface area (Å²) in [6, 6.07) is 4.20. The minimum atomic E-state index is -0.385. The lowest BCUT2D eigenvalue weighted by Gasteiger charge is -2.10. The number of hydrogen-bond donors (Lipinski definition) is 2. The highest BCUT2D eigenvalue weighted by Gasteiger charge is 2.14. The fourth-order valence-corrected chi connectivity index (χ4v) is 1.76. The number of nitrogens with one attached hydrogen (secondary N) is 1. The molecule has 0 fully saturated rings. The van der Waals surface area contributed by atoms with Crippen LogP contribution in [0.15, 0.2) is 30.6 Å². The lowest BCUT2D eigenvalue weighted by Crippen LogP contribution is -2.16. The van der Waals surface area contributed by atoms with Crippen molar-refractivity contribution in [3.63, 3.8) is 0 Å². The van der Waals surface area contributed by atoms with Crippen molar-refractivity contribution in [1.29, 1.82) is 0 Å². The van der Waals surface area contributed by atoms with Gasteiger partial charge < -0.3 is 10.7 Å². The van der Waals surface area contributed by atoms with E-state index in [0.717, 1.165) is 0 Å². The van der Waals surface area contributed by atoms with Crippen molar-refractivity contribution < 1.29 is 4.39 Å². The smallest absolute Gasteiger partial charge is 0.127 e. The molecule has 1 aromatic carbocycles. The fourth-order valence-electron chi connectivity index (χ4n) is 1.52. The summed E-state index contributed by atoms with van der Waals surface area (Å²) < 4.78 is 13.5. The van der Waals surface area contributed by atoms with E-state index in [1.807, 2.05) is 0 Å². The molecule has 16 heavy (non-hydrogen) atoms. The molecule has 0 amide bonds. The predicted octanol–water partition coefficient (Wildman–Crippen LogP) is 2.44. The standard InChI is InChI=1S/C11H11ClFN3/c12-8-2-1-3-9(13)7(8)6-10(14)11-15-4-5-16-11/h1-5,10H,6,14H2,(H,15,16). The first kappa shape index (κ1) is 11.1. The van der Waals surface area contributed by atoms with Crippen LogP contribution in [0.25, 0.3) is 0 Å². The number of halogens is 2. The minimum Gasteiger partial charge on any atom is -0.347 e. The van der Waals surface area contributed by atoms with Crippen LogP contribution in [-0.2, 0) is 6.42 Å². The molecule has 1 heterocycles. The Balaban J connectivity index is 2.21. The molecule has 2 rings (SSSR count). The SMILES string of the molecule is NC(Cc1c(F)cccc1Cl)c1ncc[nH]1. The van der Waals surface area contributed by atoms with Gasteiger partial charge in [0, 0.05) is 23.0 Å². The zero-order valence-electron chi connectivity index (χ0n) is 8.45. The topological polar surface area (TPSA) is 54.7 Å². The van der Waals surface area contributed by atoms with Crippen LogP contribution < -0.4 is 5.73 Å². The van der Waals surface area contributed by atoms with Crippen LogP contribution in [0, 0.1) is 5.82 Å². The second-order valence-corrected chi connectivity index (χ2v) is 3.89. The maximum atomic E-state index is 13.5. The summed E-state index contributed by atoms with van der Waals surface area (Å²) in [7, 11) is 0. The van der Waals surface area contributed by atoms with Gasteiger partial charge in [0.2, 0.25) is 0 Å². The molecule has 0 bridgehead atoms. The monoisotopic (exact) mass is 239 g/mol. The summed E-state index contributed by atoms with van der Waals surface area (Å²) >= 11 is 5.91. The van der Waals surface area contributed by atoms with Crippen LogP contribution >= 0.6 is 11.6 Å². The largest absolute Gasteiger partial charge is 0.347 e. The Hall–Kier alpha value is -1.39. The first-order valence-corrected chi connectivity index (χ1v) is 5.24. The van der Waals surface area contributed by atoms with Gasteiger partial charge in [-0.2, -0.15) is 0 Å². The summed E-state index contributed by atoms with van der Waals surface area (Å²) in [5.41, 5.74) is 6.31. The zero-order valence-corrected chi connectivity index (χ0v) is 9.21. The van der Waals surface area contributed by atoms with E-state index in [-0.39, 0.29) is 11.9 Å². The number of imidazole rings is 1. The fraction of sp³-hybridized carbons (Fsp3) is 0.182. The third kappa shape index (κ3) is 2.23. The molecule has 0 aliphatic carbocycles. The summed E-state index contributed by atoms with van der Waals surface area (Å²) in [6.45, 7) is 0. The van der Waals surface area contributed by atoms with E-state index in [0.29, 0.717) is 22.8 Å². The number of aromatic amines is 1. The van der Waals surface area contributed by atoms with Gasteiger partial charge in [-0.05, 0) is 18.6 Å². The Bertz CT molecular complexity index is 450. The molecule has 0 saturated heterocycles. The molecule has 0 aliphatic heterocycles. The first-order chi connectivity index (χ1) is 7.68. The van der Waals surface area contributed by atoms with Gasteiger partial charge in [0.1, 0.15) is 11.6 Å². The van der Waals surface area contributed by atoms with Gasteiger partial charge in [-0.1, -0.05) is 17.7 Å². The number of nitrogens with two attached hydrogens (primary N) is 1. The molecular weight excluding hydrogens is 229 g/mol. The van der Waals surface area contributed by atoms with Gasteiger partial charge >= 0.3 is 0 Å². The average molecular weight is 240 g/mol. The zero-order chi connectivity index (χ0) is 11.5. The molecule has 1 unspecified atom stereocenters. The van der Waals surface area contributed by atoms with Crippen molar-refractivity contribution in [2.45, 2.75) is 12.5 Å². The van der Waals surface area contributed by atoms with Crippen LogP contribution in [0.3, 0.4) is 0 Å². The molecular formula is C11H11ClFN3. The first-order valence-electron chi connectivity index (χ1n) is 4.86. The number of H-pyrrole nitrogens is 1. The highest BCUT2D eigenvalue weighted by molar-refractivity contribution is 6.31. The Morgan fingerprint density at radius 3 is 2.94 bits per heavy atom. The van der Waals surface area contributed by atoms with Crippen LogP contribution in [0.2, 0.25) is 5.02 Å². The van der Waals surface area contributed by atoms with E-state index in [1.54, 1.807) is 24.5 Å². The van der Waals surface area contributed by atoms with E-state index >= 15 is 0 Å². The highest BCUT2D eigenvalue weighted by atomic mass is 35.5. The molecule has 0 saturated carbocycles. The number of rotatable bonds is 3. The van der Waals surface area contributed by atoms with E-state index in [9.17, 15) is 4.39 Å². The second-order valence-electron chi connectivity index (χ2n) is 3.49. The minimum absolute atomic E-state index is 0.318. The Kier molecular flexibility index (Phi) is 3.22. The summed E-state index contributed by atoms with van der Waals surface area (Å²) in [6.07, 6.45) is 3.61. The molecule has 1 atom stereocenters. The normalized spacial score (nSPS) is 12.7. The van der Waals surface area contributed by atoms with Crippen LogP contribution in [-0.4, -0.2) is 9.97 Å². The van der Waals surface area contributed by atoms with Gasteiger partial charge in [0.05, 0.1) is 6.04 Å². The van der Waals surface area contributed by atoms with E-state index in [2.05, 4.69) is 9.97 Å². The Morgan fingerprint density at radius 1 is 1.50 bits per heavy atom. The van der Waals surface area contributed by atoms with Crippen molar-refractivity contribution in [2.75, 3.05) is 0 Å². The molecule has 3 nitrogen and oxygen atoms in total. The van der Waals surface area contributed by atoms with Crippen LogP contribution in [0.1, 0.15) is 17.4 Å². The third-order valence-corrected chi connectivity index (χ3v) is 2.71. The number of aromatic nitrogens is 2. The highest BCUT2D eigenvalue weighted by Crippen LogP contribution is 2.23. The molecule has 3 N–H and O–H groups in total. The Labute approximate surface area is 97.5 Å². The van der Waals surface area contributed by atoms with Crippen LogP contribution in [0.4, 0.5) is 4.39 Å². The lowest BCUT2D eigenvalue weighted by atomic mass is 10.1. The lowest BCUT2D eigenvalue weighted by molar-refractivity contribution is 0.586. The second kappa shape index (κ2) is 4.63. The summed E-state index contributed by atoms with van der Waals surface area (Å²) in [5.74, 6) is 0.286. The summed E-state index contributed by atoms with van der Waals surface area (Å²) in [4.78, 5) is 6.92. The number of benzene rings is 1. The van der Waals surface area contributed by atoms with Gasteiger partial charge in [-0.3, -0.25) is 0 Å². The molecule has 0 spiro atoms. The van der Waals surface area contributed by atoms with Gasteiger partial charge in [0.15, 0.2) is 0 Å². The van der Waals surface area contributed by atoms with Crippen LogP contribution in [0.5, 0.6) is 0 Å². The van der Waals surface area contributed by atoms with Crippen molar-refractivity contribution >= 4 is 11.6 Å². The molecule has 1 aromatic heterocycles. The Morgan fingerprint density at radius 2 is 2.31 bits per heavy atom. The quantitative estimate of drug-likeness (QED) is 0.865. The van der Waals surface area contributed by atoms with E-state index < -0.39 is 0 Å². The molecule has 0 radical (unpaired) electrons. The van der Waals surface area contributed by atoms with Crippen molar-refractivity contribution in [3.05, 3.63) is 52.8 Å². The number of hydrogen-bond acceptors (Lipinski definition) is 2. The molecule has 5 heteroatoms. The van der Waals surface area contributed by atoms with Crippen molar-refractivity contribution in [1.82, 2.24) is 9.97 Å². The van der Waals surface area contributed by atoms with Crippen molar-refractivity contribution in [2.24, 2.45) is 5.73 Å². The van der Waals surface area contributed by atoms with E-state index in [4.69, 9.17) is 17.3 Å². The molecule has 0 aliphatic rings. The average Bonchev–Trinajstić information content (AvgIpc) is 2.76. The molecule has 84 valence electrons. The summed E-state index contributed by atoms with van der Waals surface area (Å²) in [5, 5.41) is 0.391. The predicted molar refractivity (Wildman–Crippen MR) is 60.6 cm³/mol. The molecule has 2 aromatic rings.